The summed E-state index contributed by atoms with van der Waals surface area (Å²) in [7, 11) is 0. The number of aromatic nitrogens is 4. The van der Waals surface area contributed by atoms with Crippen molar-refractivity contribution in [1.29, 1.82) is 0 Å². The Morgan fingerprint density at radius 1 is 1.57 bits per heavy atom. The molecule has 3 N–H and O–H groups in total. The second-order valence-electron chi connectivity index (χ2n) is 2.78. The summed E-state index contributed by atoms with van der Waals surface area (Å²) in [6.45, 7) is 3.52. The van der Waals surface area contributed by atoms with Gasteiger partial charge in [-0.05, 0) is 13.0 Å². The van der Waals surface area contributed by atoms with Gasteiger partial charge in [0, 0.05) is 0 Å². The molecule has 1 amide bonds. The first-order chi connectivity index (χ1) is 6.83. The molecule has 7 heteroatoms. The van der Waals surface area contributed by atoms with Crippen LogP contribution in [0.25, 0.3) is 0 Å². The fraction of sp³-hybridized carbons (Fsp3) is 0.714. The van der Waals surface area contributed by atoms with Crippen molar-refractivity contribution < 1.29 is 4.79 Å². The normalized spacial score (nSPS) is 10.1. The maximum absolute atomic E-state index is 11.2. The van der Waals surface area contributed by atoms with Crippen LogP contribution in [0.15, 0.2) is 0 Å². The first kappa shape index (κ1) is 10.6. The Bertz CT molecular complexity index is 259. The Morgan fingerprint density at radius 2 is 2.43 bits per heavy atom. The van der Waals surface area contributed by atoms with E-state index in [0.717, 1.165) is 13.0 Å². The van der Waals surface area contributed by atoms with E-state index in [2.05, 4.69) is 31.3 Å². The Kier molecular flexibility index (Phi) is 4.56. The molecule has 0 atom stereocenters. The van der Waals surface area contributed by atoms with E-state index in [1.54, 1.807) is 0 Å². The molecule has 1 aromatic rings. The minimum atomic E-state index is -0.0664. The van der Waals surface area contributed by atoms with E-state index in [-0.39, 0.29) is 5.91 Å². The molecule has 0 fully saturated rings. The third-order valence-corrected chi connectivity index (χ3v) is 1.55. The van der Waals surface area contributed by atoms with Crippen LogP contribution in [0.1, 0.15) is 19.2 Å². The fourth-order valence-electron chi connectivity index (χ4n) is 0.876. The highest BCUT2D eigenvalue weighted by Crippen LogP contribution is 1.80. The van der Waals surface area contributed by atoms with E-state index >= 15 is 0 Å². The van der Waals surface area contributed by atoms with Crippen molar-refractivity contribution in [3.8, 4) is 0 Å². The van der Waals surface area contributed by atoms with Crippen molar-refractivity contribution in [1.82, 2.24) is 31.3 Å². The number of hydrogen-bond acceptors (Lipinski definition) is 5. The zero-order chi connectivity index (χ0) is 10.2. The minimum Gasteiger partial charge on any atom is -0.348 e. The van der Waals surface area contributed by atoms with Crippen molar-refractivity contribution in [3.63, 3.8) is 0 Å². The van der Waals surface area contributed by atoms with E-state index in [9.17, 15) is 4.79 Å². The lowest BCUT2D eigenvalue weighted by Gasteiger charge is -2.02. The van der Waals surface area contributed by atoms with Gasteiger partial charge in [-0.3, -0.25) is 4.79 Å². The van der Waals surface area contributed by atoms with Gasteiger partial charge < -0.3 is 10.6 Å². The van der Waals surface area contributed by atoms with Gasteiger partial charge in [-0.25, -0.2) is 0 Å². The van der Waals surface area contributed by atoms with Crippen LogP contribution in [0.4, 0.5) is 0 Å². The number of tetrazole rings is 1. The topological polar surface area (TPSA) is 95.6 Å². The van der Waals surface area contributed by atoms with Crippen LogP contribution in [0, 0.1) is 0 Å². The highest BCUT2D eigenvalue weighted by molar-refractivity contribution is 5.77. The summed E-state index contributed by atoms with van der Waals surface area (Å²) in [5, 5.41) is 18.7. The molecule has 0 unspecified atom stereocenters. The molecule has 0 aliphatic carbocycles. The molecular weight excluding hydrogens is 184 g/mol. The predicted molar refractivity (Wildman–Crippen MR) is 49.2 cm³/mol. The molecule has 1 rings (SSSR count). The fourth-order valence-corrected chi connectivity index (χ4v) is 0.876. The molecule has 0 spiro atoms. The summed E-state index contributed by atoms with van der Waals surface area (Å²) in [6.07, 6.45) is 1.01. The second kappa shape index (κ2) is 6.03. The van der Waals surface area contributed by atoms with Gasteiger partial charge >= 0.3 is 0 Å². The van der Waals surface area contributed by atoms with E-state index < -0.39 is 0 Å². The zero-order valence-electron chi connectivity index (χ0n) is 8.08. The number of hydrogen-bond donors (Lipinski definition) is 3. The van der Waals surface area contributed by atoms with E-state index in [4.69, 9.17) is 0 Å². The van der Waals surface area contributed by atoms with Crippen molar-refractivity contribution >= 4 is 5.91 Å². The summed E-state index contributed by atoms with van der Waals surface area (Å²) in [4.78, 5) is 11.2. The number of nitrogens with one attached hydrogen (secondary N) is 3. The van der Waals surface area contributed by atoms with Gasteiger partial charge in [0.2, 0.25) is 5.91 Å². The van der Waals surface area contributed by atoms with Crippen molar-refractivity contribution in [3.05, 3.63) is 5.82 Å². The summed E-state index contributed by atoms with van der Waals surface area (Å²) in [6, 6.07) is 0. The third-order valence-electron chi connectivity index (χ3n) is 1.55. The van der Waals surface area contributed by atoms with Gasteiger partial charge in [0.15, 0.2) is 5.82 Å². The number of carbonyl (C=O) groups is 1. The van der Waals surface area contributed by atoms with Crippen LogP contribution in [0.5, 0.6) is 0 Å². The highest BCUT2D eigenvalue weighted by atomic mass is 16.1. The highest BCUT2D eigenvalue weighted by Gasteiger charge is 2.02. The van der Waals surface area contributed by atoms with Crippen LogP contribution in [0.3, 0.4) is 0 Å². The zero-order valence-corrected chi connectivity index (χ0v) is 8.08. The lowest BCUT2D eigenvalue weighted by molar-refractivity contribution is -0.120. The third kappa shape index (κ3) is 3.94. The van der Waals surface area contributed by atoms with Crippen LogP contribution in [0.2, 0.25) is 0 Å². The van der Waals surface area contributed by atoms with Gasteiger partial charge in [0.25, 0.3) is 0 Å². The van der Waals surface area contributed by atoms with E-state index in [1.165, 1.54) is 0 Å². The average Bonchev–Trinajstić information content (AvgIpc) is 2.68. The molecule has 0 saturated carbocycles. The molecule has 0 aliphatic heterocycles. The van der Waals surface area contributed by atoms with Crippen molar-refractivity contribution in [2.24, 2.45) is 0 Å². The molecule has 14 heavy (non-hydrogen) atoms. The Labute approximate surface area is 81.7 Å². The van der Waals surface area contributed by atoms with Crippen LogP contribution in [-0.2, 0) is 11.3 Å². The van der Waals surface area contributed by atoms with E-state index in [1.807, 2.05) is 6.92 Å². The van der Waals surface area contributed by atoms with Crippen LogP contribution >= 0.6 is 0 Å². The van der Waals surface area contributed by atoms with Gasteiger partial charge in [-0.2, -0.15) is 5.21 Å². The first-order valence-corrected chi connectivity index (χ1v) is 4.52. The molecule has 78 valence electrons. The number of rotatable bonds is 6. The molecule has 0 radical (unpaired) electrons. The van der Waals surface area contributed by atoms with Crippen LogP contribution < -0.4 is 10.6 Å². The maximum atomic E-state index is 11.2. The SMILES string of the molecule is CCCNCC(=O)NCc1nn[nH]n1. The number of amides is 1. The molecule has 1 aromatic heterocycles. The number of nitrogens with zero attached hydrogens (tertiary/aromatic N) is 3. The number of aromatic amines is 1. The number of carbonyl (C=O) groups excluding carboxylic acids is 1. The Hall–Kier alpha value is -1.50. The molecule has 0 saturated heterocycles. The number of H-pyrrole nitrogens is 1. The van der Waals surface area contributed by atoms with Crippen molar-refractivity contribution in [2.75, 3.05) is 13.1 Å². The molecule has 0 aliphatic rings. The monoisotopic (exact) mass is 198 g/mol. The second-order valence-corrected chi connectivity index (χ2v) is 2.78. The molecule has 1 heterocycles. The average molecular weight is 198 g/mol. The Balaban J connectivity index is 2.09. The van der Waals surface area contributed by atoms with Gasteiger partial charge in [-0.1, -0.05) is 12.1 Å². The van der Waals surface area contributed by atoms with E-state index in [0.29, 0.717) is 18.9 Å². The standard InChI is InChI=1S/C7H14N6O/c1-2-3-8-5-7(14)9-4-6-10-12-13-11-6/h8H,2-5H2,1H3,(H,9,14)(H,10,11,12,13). The van der Waals surface area contributed by atoms with Gasteiger partial charge in [-0.15, -0.1) is 10.2 Å². The molecule has 0 aromatic carbocycles. The molecular formula is C7H14N6O. The Morgan fingerprint density at radius 3 is 3.07 bits per heavy atom. The largest absolute Gasteiger partial charge is 0.348 e. The van der Waals surface area contributed by atoms with Gasteiger partial charge in [0.1, 0.15) is 0 Å². The van der Waals surface area contributed by atoms with Gasteiger partial charge in [0.05, 0.1) is 13.1 Å². The molecule has 7 nitrogen and oxygen atoms in total. The summed E-state index contributed by atoms with van der Waals surface area (Å²) in [5.74, 6) is 0.414. The summed E-state index contributed by atoms with van der Waals surface area (Å²) < 4.78 is 0. The predicted octanol–water partition coefficient (Wildman–Crippen LogP) is -1.18. The lowest BCUT2D eigenvalue weighted by Crippen LogP contribution is -2.34. The smallest absolute Gasteiger partial charge is 0.234 e. The maximum Gasteiger partial charge on any atom is 0.234 e. The lowest BCUT2D eigenvalue weighted by atomic mass is 10.4. The quantitative estimate of drug-likeness (QED) is 0.500. The van der Waals surface area contributed by atoms with Crippen LogP contribution in [-0.4, -0.2) is 39.6 Å². The summed E-state index contributed by atoms with van der Waals surface area (Å²) in [5.41, 5.74) is 0. The minimum absolute atomic E-state index is 0.0664. The first-order valence-electron chi connectivity index (χ1n) is 4.52. The molecule has 0 bridgehead atoms. The summed E-state index contributed by atoms with van der Waals surface area (Å²) >= 11 is 0. The van der Waals surface area contributed by atoms with Crippen molar-refractivity contribution in [2.45, 2.75) is 19.9 Å².